The molecule has 1 aromatic rings. The van der Waals surface area contributed by atoms with E-state index in [1.165, 1.54) is 19.1 Å². The van der Waals surface area contributed by atoms with E-state index in [4.69, 9.17) is 15.4 Å². The van der Waals surface area contributed by atoms with Crippen molar-refractivity contribution in [2.45, 2.75) is 30.2 Å². The smallest absolute Gasteiger partial charge is 0.353 e. The van der Waals surface area contributed by atoms with Crippen molar-refractivity contribution in [3.63, 3.8) is 0 Å². The van der Waals surface area contributed by atoms with Gasteiger partial charge in [0.2, 0.25) is 11.0 Å². The molecule has 11 heteroatoms. The molecule has 0 saturated carbocycles. The summed E-state index contributed by atoms with van der Waals surface area (Å²) in [7, 11) is -4.02. The van der Waals surface area contributed by atoms with Gasteiger partial charge >= 0.3 is 5.97 Å². The summed E-state index contributed by atoms with van der Waals surface area (Å²) in [5.41, 5.74) is 6.27. The van der Waals surface area contributed by atoms with Gasteiger partial charge in [-0.1, -0.05) is 29.5 Å². The molecular weight excluding hydrogens is 384 g/mol. The first-order valence-electron chi connectivity index (χ1n) is 7.23. The molecule has 0 bridgehead atoms. The normalized spacial score (nSPS) is 22.2. The number of aliphatic carboxylic acids is 1. The van der Waals surface area contributed by atoms with E-state index >= 15 is 0 Å². The van der Waals surface area contributed by atoms with Crippen LogP contribution in [0.25, 0.3) is 0 Å². The summed E-state index contributed by atoms with van der Waals surface area (Å²) in [6.45, 7) is 3.24. The van der Waals surface area contributed by atoms with Gasteiger partial charge in [-0.05, 0) is 26.0 Å². The molecule has 9 nitrogen and oxygen atoms in total. The Morgan fingerprint density at radius 1 is 1.19 bits per heavy atom. The second kappa shape index (κ2) is 7.19. The number of benzene rings is 1. The van der Waals surface area contributed by atoms with Gasteiger partial charge in [-0.2, -0.15) is 8.42 Å². The second-order valence-electron chi connectivity index (χ2n) is 5.60. The summed E-state index contributed by atoms with van der Waals surface area (Å²) in [6.07, 6.45) is 0. The molecule has 1 amide bonds. The Kier molecular flexibility index (Phi) is 5.56. The number of nitrogens with zero attached hydrogens (tertiary/aromatic N) is 1. The van der Waals surface area contributed by atoms with Gasteiger partial charge in [-0.3, -0.25) is 19.0 Å². The number of carbonyl (C=O) groups excluding carboxylic acids is 2. The third-order valence-corrected chi connectivity index (χ3v) is 5.87. The number of amides is 1. The third-order valence-electron chi connectivity index (χ3n) is 3.74. The van der Waals surface area contributed by atoms with Gasteiger partial charge in [0.1, 0.15) is 17.1 Å². The molecule has 26 heavy (non-hydrogen) atoms. The number of hydrogen-bond donors (Lipinski definition) is 3. The molecule has 1 fully saturated rings. The van der Waals surface area contributed by atoms with Gasteiger partial charge in [0.05, 0.1) is 4.90 Å². The Balaban J connectivity index is 0.000000197. The molecule has 0 radical (unpaired) electrons. The number of rotatable bonds is 2. The van der Waals surface area contributed by atoms with Crippen LogP contribution in [0.4, 0.5) is 0 Å². The van der Waals surface area contributed by atoms with E-state index in [2.05, 4.69) is 0 Å². The quantitative estimate of drug-likeness (QED) is 0.471. The molecule has 140 valence electrons. The minimum absolute atomic E-state index is 0.0666. The Morgan fingerprint density at radius 3 is 2.19 bits per heavy atom. The van der Waals surface area contributed by atoms with Crippen molar-refractivity contribution in [1.29, 1.82) is 0 Å². The number of thioether (sulfide) groups is 1. The van der Waals surface area contributed by atoms with Gasteiger partial charge < -0.3 is 10.8 Å². The van der Waals surface area contributed by atoms with Crippen LogP contribution < -0.4 is 5.73 Å². The number of hydrogen-bond acceptors (Lipinski definition) is 7. The predicted octanol–water partition coefficient (Wildman–Crippen LogP) is 0.356. The van der Waals surface area contributed by atoms with Crippen molar-refractivity contribution in [3.8, 4) is 0 Å². The van der Waals surface area contributed by atoms with E-state index in [0.29, 0.717) is 0 Å². The first-order chi connectivity index (χ1) is 11.9. The van der Waals surface area contributed by atoms with Crippen LogP contribution in [0.3, 0.4) is 0 Å². The van der Waals surface area contributed by atoms with Crippen molar-refractivity contribution < 1.29 is 32.5 Å². The first-order valence-corrected chi connectivity index (χ1v) is 9.55. The monoisotopic (exact) mass is 400 g/mol. The number of aryl methyl sites for hydroxylation is 1. The largest absolute Gasteiger partial charge is 0.477 e. The SMILES string of the molecule is CC1=C(C(=O)O)N2C(=O)[C@@H](N)[C@H]2SC1=O.Cc1ccc(S(=O)(=O)O)cc1. The van der Waals surface area contributed by atoms with E-state index in [1.807, 2.05) is 6.92 Å². The number of carboxylic acid groups (broad SMARTS) is 1. The molecule has 1 aromatic carbocycles. The summed E-state index contributed by atoms with van der Waals surface area (Å²) in [5.74, 6) is -1.72. The van der Waals surface area contributed by atoms with Crippen molar-refractivity contribution in [2.75, 3.05) is 0 Å². The highest BCUT2D eigenvalue weighted by molar-refractivity contribution is 8.14. The summed E-state index contributed by atoms with van der Waals surface area (Å²) >= 11 is 0.897. The maximum absolute atomic E-state index is 11.4. The fraction of sp³-hybridized carbons (Fsp3) is 0.267. The number of fused-ring (bicyclic) bond motifs is 1. The fourth-order valence-electron chi connectivity index (χ4n) is 2.30. The van der Waals surface area contributed by atoms with Crippen LogP contribution in [-0.2, 0) is 24.5 Å². The van der Waals surface area contributed by atoms with Crippen LogP contribution in [0.1, 0.15) is 12.5 Å². The van der Waals surface area contributed by atoms with Gasteiger partial charge in [-0.15, -0.1) is 0 Å². The zero-order valence-corrected chi connectivity index (χ0v) is 15.4. The summed E-state index contributed by atoms with van der Waals surface area (Å²) in [4.78, 5) is 34.7. The van der Waals surface area contributed by atoms with Crippen LogP contribution in [0.5, 0.6) is 0 Å². The molecule has 2 aliphatic heterocycles. The summed E-state index contributed by atoms with van der Waals surface area (Å²) in [5, 5.41) is 8.01. The number of nitrogens with two attached hydrogens (primary N) is 1. The Morgan fingerprint density at radius 2 is 1.73 bits per heavy atom. The van der Waals surface area contributed by atoms with E-state index < -0.39 is 33.4 Å². The molecule has 1 saturated heterocycles. The van der Waals surface area contributed by atoms with Crippen LogP contribution in [-0.4, -0.2) is 51.4 Å². The standard InChI is InChI=1S/C8H8N2O4S.C7H8O3S/c1-2-4(7(12)13)10-5(11)3(9)6(10)15-8(2)14;1-6-2-4-7(5-3-6)11(8,9)10/h3,6H,9H2,1H3,(H,12,13);2-5H,1H3,(H,8,9,10)/t3-,6-;/m1./s1. The first kappa shape index (κ1) is 20.1. The Hall–Kier alpha value is -2.21. The van der Waals surface area contributed by atoms with Crippen LogP contribution in [0.2, 0.25) is 0 Å². The maximum atomic E-state index is 11.4. The zero-order chi connectivity index (χ0) is 19.8. The highest BCUT2D eigenvalue weighted by Gasteiger charge is 2.53. The van der Waals surface area contributed by atoms with E-state index in [-0.39, 0.29) is 21.3 Å². The minimum atomic E-state index is -4.02. The van der Waals surface area contributed by atoms with Crippen LogP contribution >= 0.6 is 11.8 Å². The molecule has 0 aliphatic carbocycles. The second-order valence-corrected chi connectivity index (χ2v) is 8.11. The molecule has 3 rings (SSSR count). The topological polar surface area (TPSA) is 155 Å². The number of carbonyl (C=O) groups is 3. The third kappa shape index (κ3) is 3.80. The average molecular weight is 400 g/mol. The Labute approximate surface area is 153 Å². The van der Waals surface area contributed by atoms with E-state index in [1.54, 1.807) is 12.1 Å². The Bertz CT molecular complexity index is 906. The highest BCUT2D eigenvalue weighted by Crippen LogP contribution is 2.39. The molecule has 2 aliphatic rings. The van der Waals surface area contributed by atoms with E-state index in [0.717, 1.165) is 22.2 Å². The minimum Gasteiger partial charge on any atom is -0.477 e. The molecular formula is C15H16N2O7S2. The molecule has 0 unspecified atom stereocenters. The van der Waals surface area contributed by atoms with Gasteiger partial charge in [-0.25, -0.2) is 4.79 Å². The lowest BCUT2D eigenvalue weighted by Crippen LogP contribution is -2.68. The van der Waals surface area contributed by atoms with Crippen LogP contribution in [0.15, 0.2) is 40.4 Å². The fourth-order valence-corrected chi connectivity index (χ4v) is 3.85. The molecule has 2 heterocycles. The zero-order valence-electron chi connectivity index (χ0n) is 13.7. The van der Waals surface area contributed by atoms with Crippen molar-refractivity contribution >= 4 is 38.9 Å². The summed E-state index contributed by atoms with van der Waals surface area (Å²) < 4.78 is 29.6. The average Bonchev–Trinajstić information content (AvgIpc) is 2.56. The molecule has 0 spiro atoms. The van der Waals surface area contributed by atoms with Gasteiger partial charge in [0.15, 0.2) is 0 Å². The van der Waals surface area contributed by atoms with Crippen molar-refractivity contribution in [3.05, 3.63) is 41.1 Å². The van der Waals surface area contributed by atoms with Crippen molar-refractivity contribution in [2.24, 2.45) is 5.73 Å². The lowest BCUT2D eigenvalue weighted by molar-refractivity contribution is -0.148. The lowest BCUT2D eigenvalue weighted by atomic mass is 10.0. The van der Waals surface area contributed by atoms with Crippen LogP contribution in [0, 0.1) is 6.92 Å². The highest BCUT2D eigenvalue weighted by atomic mass is 32.2. The predicted molar refractivity (Wildman–Crippen MR) is 92.5 cm³/mol. The molecule has 2 atom stereocenters. The molecule has 4 N–H and O–H groups in total. The lowest BCUT2D eigenvalue weighted by Gasteiger charge is -2.46. The summed E-state index contributed by atoms with van der Waals surface area (Å²) in [6, 6.07) is 5.21. The van der Waals surface area contributed by atoms with Gasteiger partial charge in [0.25, 0.3) is 10.1 Å². The van der Waals surface area contributed by atoms with E-state index in [9.17, 15) is 22.8 Å². The number of carboxylic acids is 1. The number of β-lactam (4-membered cyclic amide) rings is 1. The maximum Gasteiger partial charge on any atom is 0.353 e. The molecule has 0 aromatic heterocycles. The van der Waals surface area contributed by atoms with Gasteiger partial charge in [0, 0.05) is 5.57 Å². The van der Waals surface area contributed by atoms with Crippen molar-refractivity contribution in [1.82, 2.24) is 4.90 Å².